The number of rotatable bonds is 6. The molecule has 0 amide bonds. The summed E-state index contributed by atoms with van der Waals surface area (Å²) in [5.41, 5.74) is 1.41. The fraction of sp³-hybridized carbons (Fsp3) is 0.364. The summed E-state index contributed by atoms with van der Waals surface area (Å²) < 4.78 is 10.2. The largest absolute Gasteiger partial charge is 0.382 e. The number of carbonyl (C=O) groups excluding carboxylic acids is 1. The Morgan fingerprint density at radius 2 is 2.20 bits per heavy atom. The number of hydrogen-bond acceptors (Lipinski definition) is 3. The molecule has 0 aromatic heterocycles. The summed E-state index contributed by atoms with van der Waals surface area (Å²) in [4.78, 5) is 10.7. The van der Waals surface area contributed by atoms with E-state index in [9.17, 15) is 4.79 Å². The molecule has 0 fully saturated rings. The zero-order chi connectivity index (χ0) is 11.1. The number of methoxy groups -OCH3 is 1. The van der Waals surface area contributed by atoms with Crippen LogP contribution in [0.2, 0.25) is 5.02 Å². The first-order valence-electron chi connectivity index (χ1n) is 4.58. The lowest BCUT2D eigenvalue weighted by Crippen LogP contribution is -2.03. The minimum atomic E-state index is 0.373. The van der Waals surface area contributed by atoms with Crippen molar-refractivity contribution in [3.8, 4) is 0 Å². The number of ether oxygens (including phenoxy) is 2. The van der Waals surface area contributed by atoms with Gasteiger partial charge in [0.1, 0.15) is 6.29 Å². The van der Waals surface area contributed by atoms with Gasteiger partial charge in [-0.15, -0.1) is 0 Å². The molecular formula is C11H13ClO3. The molecule has 0 spiro atoms. The highest BCUT2D eigenvalue weighted by atomic mass is 35.5. The Morgan fingerprint density at radius 3 is 2.87 bits per heavy atom. The summed E-state index contributed by atoms with van der Waals surface area (Å²) in [6, 6.07) is 5.10. The molecule has 1 aromatic carbocycles. The number of halogens is 1. The van der Waals surface area contributed by atoms with Gasteiger partial charge in [0.15, 0.2) is 0 Å². The van der Waals surface area contributed by atoms with Gasteiger partial charge in [-0.2, -0.15) is 0 Å². The Hall–Kier alpha value is -0.900. The van der Waals surface area contributed by atoms with Gasteiger partial charge in [-0.25, -0.2) is 0 Å². The van der Waals surface area contributed by atoms with E-state index >= 15 is 0 Å². The van der Waals surface area contributed by atoms with Gasteiger partial charge in [0, 0.05) is 17.7 Å². The molecule has 0 atom stereocenters. The minimum absolute atomic E-state index is 0.373. The first kappa shape index (κ1) is 12.2. The average molecular weight is 229 g/mol. The van der Waals surface area contributed by atoms with Crippen molar-refractivity contribution in [2.75, 3.05) is 20.3 Å². The number of aldehydes is 1. The second kappa shape index (κ2) is 6.56. The molecule has 0 bridgehead atoms. The van der Waals surface area contributed by atoms with E-state index in [1.54, 1.807) is 25.3 Å². The Bertz CT molecular complexity index is 326. The van der Waals surface area contributed by atoms with Crippen LogP contribution in [0.25, 0.3) is 0 Å². The molecule has 4 heteroatoms. The molecular weight excluding hydrogens is 216 g/mol. The maximum absolute atomic E-state index is 10.7. The summed E-state index contributed by atoms with van der Waals surface area (Å²) in [5.74, 6) is 0. The third-order valence-electron chi connectivity index (χ3n) is 1.92. The molecule has 0 aliphatic rings. The second-order valence-corrected chi connectivity index (χ2v) is 3.44. The number of carbonyl (C=O) groups is 1. The molecule has 0 saturated heterocycles. The van der Waals surface area contributed by atoms with E-state index in [-0.39, 0.29) is 0 Å². The van der Waals surface area contributed by atoms with Gasteiger partial charge in [0.05, 0.1) is 19.8 Å². The molecule has 0 radical (unpaired) electrons. The summed E-state index contributed by atoms with van der Waals surface area (Å²) in [5, 5.41) is 0.603. The van der Waals surface area contributed by atoms with Gasteiger partial charge < -0.3 is 9.47 Å². The van der Waals surface area contributed by atoms with Gasteiger partial charge in [-0.05, 0) is 23.8 Å². The monoisotopic (exact) mass is 228 g/mol. The van der Waals surface area contributed by atoms with Crippen molar-refractivity contribution < 1.29 is 14.3 Å². The smallest absolute Gasteiger partial charge is 0.150 e. The van der Waals surface area contributed by atoms with Crippen LogP contribution in [0.1, 0.15) is 15.9 Å². The highest BCUT2D eigenvalue weighted by molar-refractivity contribution is 6.30. The lowest BCUT2D eigenvalue weighted by molar-refractivity contribution is 0.0613. The molecule has 0 heterocycles. The molecule has 0 saturated carbocycles. The standard InChI is InChI=1S/C11H13ClO3/c1-14-4-5-15-8-10-6-11(12)3-2-9(10)7-13/h2-3,6-7H,4-5,8H2,1H3. The van der Waals surface area contributed by atoms with Gasteiger partial charge in [-0.3, -0.25) is 4.79 Å². The summed E-state index contributed by atoms with van der Waals surface area (Å²) >= 11 is 5.82. The normalized spacial score (nSPS) is 10.3. The highest BCUT2D eigenvalue weighted by Crippen LogP contribution is 2.15. The maximum atomic E-state index is 10.7. The van der Waals surface area contributed by atoms with E-state index in [1.807, 2.05) is 0 Å². The predicted molar refractivity (Wildman–Crippen MR) is 58.4 cm³/mol. The molecule has 3 nitrogen and oxygen atoms in total. The maximum Gasteiger partial charge on any atom is 0.150 e. The fourth-order valence-electron chi connectivity index (χ4n) is 1.14. The van der Waals surface area contributed by atoms with Gasteiger partial charge in [0.25, 0.3) is 0 Å². The van der Waals surface area contributed by atoms with Gasteiger partial charge >= 0.3 is 0 Å². The van der Waals surface area contributed by atoms with E-state index in [0.717, 1.165) is 11.8 Å². The predicted octanol–water partition coefficient (Wildman–Crippen LogP) is 2.32. The molecule has 0 unspecified atom stereocenters. The van der Waals surface area contributed by atoms with E-state index < -0.39 is 0 Å². The summed E-state index contributed by atoms with van der Waals surface area (Å²) in [6.45, 7) is 1.41. The number of hydrogen-bond donors (Lipinski definition) is 0. The zero-order valence-corrected chi connectivity index (χ0v) is 9.29. The van der Waals surface area contributed by atoms with Crippen molar-refractivity contribution in [2.45, 2.75) is 6.61 Å². The third-order valence-corrected chi connectivity index (χ3v) is 2.16. The van der Waals surface area contributed by atoms with E-state index in [4.69, 9.17) is 21.1 Å². The highest BCUT2D eigenvalue weighted by Gasteiger charge is 2.02. The first-order chi connectivity index (χ1) is 7.27. The first-order valence-corrected chi connectivity index (χ1v) is 4.96. The number of benzene rings is 1. The SMILES string of the molecule is COCCOCc1cc(Cl)ccc1C=O. The van der Waals surface area contributed by atoms with Crippen LogP contribution in [0.15, 0.2) is 18.2 Å². The molecule has 82 valence electrons. The van der Waals surface area contributed by atoms with Crippen LogP contribution in [0.5, 0.6) is 0 Å². The summed E-state index contributed by atoms with van der Waals surface area (Å²) in [6.07, 6.45) is 0.797. The summed E-state index contributed by atoms with van der Waals surface area (Å²) in [7, 11) is 1.61. The fourth-order valence-corrected chi connectivity index (χ4v) is 1.33. The van der Waals surface area contributed by atoms with Crippen molar-refractivity contribution in [3.63, 3.8) is 0 Å². The quantitative estimate of drug-likeness (QED) is 0.554. The van der Waals surface area contributed by atoms with Crippen LogP contribution in [-0.4, -0.2) is 26.6 Å². The lowest BCUT2D eigenvalue weighted by Gasteiger charge is -2.06. The van der Waals surface area contributed by atoms with Crippen LogP contribution in [0.4, 0.5) is 0 Å². The zero-order valence-electron chi connectivity index (χ0n) is 8.53. The topological polar surface area (TPSA) is 35.5 Å². The molecule has 1 aromatic rings. The molecule has 15 heavy (non-hydrogen) atoms. The Labute approximate surface area is 93.9 Å². The Kier molecular flexibility index (Phi) is 5.32. The van der Waals surface area contributed by atoms with Gasteiger partial charge in [-0.1, -0.05) is 11.6 Å². The lowest BCUT2D eigenvalue weighted by atomic mass is 10.1. The van der Waals surface area contributed by atoms with Crippen LogP contribution in [0, 0.1) is 0 Å². The molecule has 0 aliphatic heterocycles. The van der Waals surface area contributed by atoms with Crippen molar-refractivity contribution in [3.05, 3.63) is 34.3 Å². The van der Waals surface area contributed by atoms with Crippen LogP contribution >= 0.6 is 11.6 Å². The van der Waals surface area contributed by atoms with E-state index in [2.05, 4.69) is 0 Å². The van der Waals surface area contributed by atoms with Crippen molar-refractivity contribution in [2.24, 2.45) is 0 Å². The minimum Gasteiger partial charge on any atom is -0.382 e. The van der Waals surface area contributed by atoms with Crippen LogP contribution < -0.4 is 0 Å². The Morgan fingerprint density at radius 1 is 1.40 bits per heavy atom. The van der Waals surface area contributed by atoms with Crippen molar-refractivity contribution in [1.82, 2.24) is 0 Å². The molecule has 0 aliphatic carbocycles. The average Bonchev–Trinajstić information content (AvgIpc) is 2.25. The second-order valence-electron chi connectivity index (χ2n) is 3.01. The Balaban J connectivity index is 2.58. The van der Waals surface area contributed by atoms with Crippen LogP contribution in [-0.2, 0) is 16.1 Å². The van der Waals surface area contributed by atoms with E-state index in [0.29, 0.717) is 30.4 Å². The third kappa shape index (κ3) is 4.00. The van der Waals surface area contributed by atoms with Gasteiger partial charge in [0.2, 0.25) is 0 Å². The molecule has 1 rings (SSSR count). The van der Waals surface area contributed by atoms with Crippen molar-refractivity contribution in [1.29, 1.82) is 0 Å². The van der Waals surface area contributed by atoms with Crippen molar-refractivity contribution >= 4 is 17.9 Å². The molecule has 0 N–H and O–H groups in total. The van der Waals surface area contributed by atoms with E-state index in [1.165, 1.54) is 0 Å². The van der Waals surface area contributed by atoms with Crippen LogP contribution in [0.3, 0.4) is 0 Å².